The van der Waals surface area contributed by atoms with Gasteiger partial charge in [-0.25, -0.2) is 8.42 Å². The zero-order valence-electron chi connectivity index (χ0n) is 14.2. The van der Waals surface area contributed by atoms with Crippen molar-refractivity contribution in [2.24, 2.45) is 0 Å². The smallest absolute Gasteiger partial charge is 0.235 e. The van der Waals surface area contributed by atoms with E-state index in [-0.39, 0.29) is 12.5 Å². The molecular formula is C16H27N3O3S. The Balaban J connectivity index is 2.40. The average molecular weight is 341 g/mol. The summed E-state index contributed by atoms with van der Waals surface area (Å²) in [4.78, 5) is 13.9. The van der Waals surface area contributed by atoms with Crippen molar-refractivity contribution < 1.29 is 13.2 Å². The van der Waals surface area contributed by atoms with Crippen LogP contribution in [0.4, 0.5) is 0 Å². The molecule has 0 bridgehead atoms. The van der Waals surface area contributed by atoms with Crippen LogP contribution < -0.4 is 5.32 Å². The van der Waals surface area contributed by atoms with Gasteiger partial charge in [0.15, 0.2) is 0 Å². The van der Waals surface area contributed by atoms with Gasteiger partial charge < -0.3 is 10.2 Å². The van der Waals surface area contributed by atoms with Gasteiger partial charge >= 0.3 is 0 Å². The highest BCUT2D eigenvalue weighted by Gasteiger charge is 2.19. The predicted octanol–water partition coefficient (Wildman–Crippen LogP) is 0.559. The number of hydrogen-bond donors (Lipinski definition) is 1. The number of carbonyl (C=O) groups is 1. The van der Waals surface area contributed by atoms with Gasteiger partial charge in [0, 0.05) is 13.1 Å². The lowest BCUT2D eigenvalue weighted by atomic mass is 10.1. The van der Waals surface area contributed by atoms with E-state index in [2.05, 4.69) is 5.32 Å². The fraction of sp³-hybridized carbons (Fsp3) is 0.562. The van der Waals surface area contributed by atoms with Crippen molar-refractivity contribution in [3.05, 3.63) is 35.9 Å². The van der Waals surface area contributed by atoms with Gasteiger partial charge in [0.25, 0.3) is 0 Å². The second kappa shape index (κ2) is 9.64. The Morgan fingerprint density at radius 2 is 1.78 bits per heavy atom. The molecule has 0 unspecified atom stereocenters. The number of rotatable bonds is 10. The van der Waals surface area contributed by atoms with E-state index in [1.807, 2.05) is 49.3 Å². The molecule has 0 fully saturated rings. The summed E-state index contributed by atoms with van der Waals surface area (Å²) < 4.78 is 24.8. The molecule has 1 amide bonds. The van der Waals surface area contributed by atoms with Crippen molar-refractivity contribution in [1.29, 1.82) is 0 Å². The highest BCUT2D eigenvalue weighted by molar-refractivity contribution is 7.88. The summed E-state index contributed by atoms with van der Waals surface area (Å²) in [5, 5.41) is 2.78. The monoisotopic (exact) mass is 341 g/mol. The fourth-order valence-corrected chi connectivity index (χ4v) is 2.94. The third-order valence-corrected chi connectivity index (χ3v) is 4.63. The van der Waals surface area contributed by atoms with Crippen LogP contribution in [0.2, 0.25) is 0 Å². The van der Waals surface area contributed by atoms with Crippen LogP contribution in [0.15, 0.2) is 30.3 Å². The maximum atomic E-state index is 12.0. The first-order valence-corrected chi connectivity index (χ1v) is 9.54. The molecule has 0 aliphatic rings. The van der Waals surface area contributed by atoms with E-state index in [1.165, 1.54) is 4.31 Å². The van der Waals surface area contributed by atoms with Crippen molar-refractivity contribution in [1.82, 2.24) is 14.5 Å². The van der Waals surface area contributed by atoms with E-state index in [9.17, 15) is 13.2 Å². The Kier molecular flexibility index (Phi) is 8.22. The molecule has 1 aromatic rings. The van der Waals surface area contributed by atoms with E-state index in [4.69, 9.17) is 0 Å². The topological polar surface area (TPSA) is 69.7 Å². The standard InChI is InChI=1S/C16H27N3O3S/c1-18(2)12-7-13-19(23(3,21)22)14-16(20)17-11-10-15-8-5-4-6-9-15/h4-6,8-9H,7,10-14H2,1-3H3,(H,17,20). The van der Waals surface area contributed by atoms with Crippen molar-refractivity contribution in [3.8, 4) is 0 Å². The lowest BCUT2D eigenvalue weighted by molar-refractivity contribution is -0.121. The zero-order chi connectivity index (χ0) is 17.3. The van der Waals surface area contributed by atoms with Gasteiger partial charge in [0.05, 0.1) is 12.8 Å². The molecule has 0 heterocycles. The van der Waals surface area contributed by atoms with Gasteiger partial charge in [-0.1, -0.05) is 30.3 Å². The second-order valence-electron chi connectivity index (χ2n) is 5.84. The summed E-state index contributed by atoms with van der Waals surface area (Å²) >= 11 is 0. The first-order chi connectivity index (χ1) is 10.8. The Morgan fingerprint density at radius 3 is 2.35 bits per heavy atom. The Labute approximate surface area is 139 Å². The Bertz CT molecular complexity index is 573. The van der Waals surface area contributed by atoms with Crippen LogP contribution in [-0.4, -0.2) is 70.1 Å². The third kappa shape index (κ3) is 8.68. The number of nitrogens with one attached hydrogen (secondary N) is 1. The molecule has 23 heavy (non-hydrogen) atoms. The van der Waals surface area contributed by atoms with Crippen LogP contribution >= 0.6 is 0 Å². The van der Waals surface area contributed by atoms with Crippen LogP contribution in [0.5, 0.6) is 0 Å². The maximum absolute atomic E-state index is 12.0. The van der Waals surface area contributed by atoms with Crippen LogP contribution in [0, 0.1) is 0 Å². The lowest BCUT2D eigenvalue weighted by Crippen LogP contribution is -2.41. The van der Waals surface area contributed by atoms with Crippen molar-refractivity contribution in [2.75, 3.05) is 46.5 Å². The maximum Gasteiger partial charge on any atom is 0.235 e. The Hall–Kier alpha value is -1.44. The molecule has 6 nitrogen and oxygen atoms in total. The minimum absolute atomic E-state index is 0.124. The lowest BCUT2D eigenvalue weighted by Gasteiger charge is -2.20. The minimum Gasteiger partial charge on any atom is -0.355 e. The quantitative estimate of drug-likeness (QED) is 0.675. The SMILES string of the molecule is CN(C)CCCN(CC(=O)NCCc1ccccc1)S(C)(=O)=O. The van der Waals surface area contributed by atoms with Gasteiger partial charge in [-0.2, -0.15) is 4.31 Å². The third-order valence-electron chi connectivity index (χ3n) is 3.38. The highest BCUT2D eigenvalue weighted by atomic mass is 32.2. The molecule has 0 saturated heterocycles. The molecule has 0 radical (unpaired) electrons. The Morgan fingerprint density at radius 1 is 1.13 bits per heavy atom. The number of carbonyl (C=O) groups excluding carboxylic acids is 1. The van der Waals surface area contributed by atoms with Gasteiger partial charge in [-0.3, -0.25) is 4.79 Å². The molecule has 1 aromatic carbocycles. The molecule has 130 valence electrons. The first kappa shape index (κ1) is 19.6. The van der Waals surface area contributed by atoms with Gasteiger partial charge in [0.1, 0.15) is 0 Å². The fourth-order valence-electron chi connectivity index (χ4n) is 2.13. The van der Waals surface area contributed by atoms with E-state index in [0.717, 1.165) is 24.8 Å². The van der Waals surface area contributed by atoms with Crippen molar-refractivity contribution in [2.45, 2.75) is 12.8 Å². The number of benzene rings is 1. The summed E-state index contributed by atoms with van der Waals surface area (Å²) in [6.45, 7) is 1.50. The van der Waals surface area contributed by atoms with Crippen LogP contribution in [0.3, 0.4) is 0 Å². The van der Waals surface area contributed by atoms with Crippen molar-refractivity contribution in [3.63, 3.8) is 0 Å². The van der Waals surface area contributed by atoms with E-state index >= 15 is 0 Å². The van der Waals surface area contributed by atoms with Crippen LogP contribution in [0.25, 0.3) is 0 Å². The summed E-state index contributed by atoms with van der Waals surface area (Å²) in [5.41, 5.74) is 1.14. The summed E-state index contributed by atoms with van der Waals surface area (Å²) in [6.07, 6.45) is 2.56. The second-order valence-corrected chi connectivity index (χ2v) is 7.82. The molecule has 0 aromatic heterocycles. The molecule has 0 spiro atoms. The largest absolute Gasteiger partial charge is 0.355 e. The van der Waals surface area contributed by atoms with Crippen LogP contribution in [0.1, 0.15) is 12.0 Å². The molecule has 0 aliphatic heterocycles. The molecule has 1 N–H and O–H groups in total. The highest BCUT2D eigenvalue weighted by Crippen LogP contribution is 2.01. The van der Waals surface area contributed by atoms with Crippen LogP contribution in [-0.2, 0) is 21.2 Å². The normalized spacial score (nSPS) is 11.9. The average Bonchev–Trinajstić information content (AvgIpc) is 2.46. The molecular weight excluding hydrogens is 314 g/mol. The van der Waals surface area contributed by atoms with Gasteiger partial charge in [-0.05, 0) is 39.0 Å². The van der Waals surface area contributed by atoms with E-state index < -0.39 is 10.0 Å². The van der Waals surface area contributed by atoms with E-state index in [1.54, 1.807) is 0 Å². The number of amides is 1. The number of hydrogen-bond acceptors (Lipinski definition) is 4. The number of sulfonamides is 1. The number of nitrogens with zero attached hydrogens (tertiary/aromatic N) is 2. The molecule has 0 saturated carbocycles. The summed E-state index contributed by atoms with van der Waals surface area (Å²) in [7, 11) is 0.482. The molecule has 1 rings (SSSR count). The summed E-state index contributed by atoms with van der Waals surface area (Å²) in [6, 6.07) is 9.84. The molecule has 0 aliphatic carbocycles. The first-order valence-electron chi connectivity index (χ1n) is 7.69. The summed E-state index contributed by atoms with van der Waals surface area (Å²) in [5.74, 6) is -0.267. The van der Waals surface area contributed by atoms with Gasteiger partial charge in [-0.15, -0.1) is 0 Å². The predicted molar refractivity (Wildman–Crippen MR) is 92.7 cm³/mol. The zero-order valence-corrected chi connectivity index (χ0v) is 15.0. The molecule has 7 heteroatoms. The minimum atomic E-state index is -3.38. The van der Waals surface area contributed by atoms with Gasteiger partial charge in [0.2, 0.25) is 15.9 Å². The van der Waals surface area contributed by atoms with Crippen molar-refractivity contribution >= 4 is 15.9 Å². The van der Waals surface area contributed by atoms with E-state index in [0.29, 0.717) is 19.5 Å². The molecule has 0 atom stereocenters.